The lowest BCUT2D eigenvalue weighted by Crippen LogP contribution is -2.27. The first-order valence-electron chi connectivity index (χ1n) is 5.97. The first-order chi connectivity index (χ1) is 7.76. The summed E-state index contributed by atoms with van der Waals surface area (Å²) in [6.07, 6.45) is 2.55. The number of aryl methyl sites for hydroxylation is 1. The molecule has 88 valence electrons. The van der Waals surface area contributed by atoms with E-state index in [2.05, 4.69) is 22.2 Å². The summed E-state index contributed by atoms with van der Waals surface area (Å²) in [4.78, 5) is 7.07. The summed E-state index contributed by atoms with van der Waals surface area (Å²) in [5.74, 6) is 0. The minimum Gasteiger partial charge on any atom is -0.381 e. The van der Waals surface area contributed by atoms with Crippen molar-refractivity contribution in [1.82, 2.24) is 9.88 Å². The van der Waals surface area contributed by atoms with Crippen molar-refractivity contribution in [3.8, 4) is 0 Å². The van der Waals surface area contributed by atoms with Crippen LogP contribution in [0.15, 0.2) is 5.38 Å². The Kier molecular flexibility index (Phi) is 2.73. The third-order valence-electron chi connectivity index (χ3n) is 3.75. The second-order valence-electron chi connectivity index (χ2n) is 5.12. The zero-order valence-corrected chi connectivity index (χ0v) is 10.6. The third kappa shape index (κ3) is 2.01. The van der Waals surface area contributed by atoms with E-state index >= 15 is 0 Å². The van der Waals surface area contributed by atoms with Gasteiger partial charge in [-0.15, -0.1) is 11.3 Å². The number of ether oxygens (including phenoxy) is 1. The molecule has 0 N–H and O–H groups in total. The van der Waals surface area contributed by atoms with Gasteiger partial charge in [0.2, 0.25) is 0 Å². The van der Waals surface area contributed by atoms with Gasteiger partial charge in [-0.25, -0.2) is 4.98 Å². The Morgan fingerprint density at radius 3 is 3.19 bits per heavy atom. The molecule has 0 unspecified atom stereocenters. The highest BCUT2D eigenvalue weighted by Crippen LogP contribution is 2.38. The maximum Gasteiger partial charge on any atom is 0.0897 e. The molecule has 4 heteroatoms. The van der Waals surface area contributed by atoms with Gasteiger partial charge in [-0.3, -0.25) is 4.90 Å². The lowest BCUT2D eigenvalue weighted by atomic mass is 9.87. The number of nitrogens with zero attached hydrogens (tertiary/aromatic N) is 2. The molecule has 1 spiro atoms. The Hall–Kier alpha value is -0.450. The van der Waals surface area contributed by atoms with E-state index in [1.807, 2.05) is 0 Å². The first-order valence-corrected chi connectivity index (χ1v) is 6.85. The van der Waals surface area contributed by atoms with Crippen LogP contribution in [0.3, 0.4) is 0 Å². The van der Waals surface area contributed by atoms with E-state index in [0.29, 0.717) is 5.41 Å². The SMILES string of the molecule is Cc1nc(CN2CC[C@@]3(CCOC3)C2)cs1. The van der Waals surface area contributed by atoms with Crippen LogP contribution in [-0.4, -0.2) is 36.2 Å². The second-order valence-corrected chi connectivity index (χ2v) is 6.18. The summed E-state index contributed by atoms with van der Waals surface area (Å²) in [5.41, 5.74) is 1.71. The molecular weight excluding hydrogens is 220 g/mol. The minimum absolute atomic E-state index is 0.477. The molecule has 1 aromatic heterocycles. The molecule has 0 bridgehead atoms. The lowest BCUT2D eigenvalue weighted by Gasteiger charge is -2.21. The van der Waals surface area contributed by atoms with E-state index < -0.39 is 0 Å². The molecule has 0 saturated carbocycles. The van der Waals surface area contributed by atoms with Crippen LogP contribution in [0, 0.1) is 12.3 Å². The zero-order chi connectivity index (χ0) is 11.0. The van der Waals surface area contributed by atoms with Crippen LogP contribution in [0.25, 0.3) is 0 Å². The fraction of sp³-hybridized carbons (Fsp3) is 0.750. The van der Waals surface area contributed by atoms with E-state index in [9.17, 15) is 0 Å². The Morgan fingerprint density at radius 1 is 1.56 bits per heavy atom. The normalized spacial score (nSPS) is 30.6. The van der Waals surface area contributed by atoms with Crippen molar-refractivity contribution in [2.75, 3.05) is 26.3 Å². The van der Waals surface area contributed by atoms with E-state index in [1.165, 1.54) is 36.6 Å². The summed E-state index contributed by atoms with van der Waals surface area (Å²) in [6.45, 7) is 7.43. The maximum atomic E-state index is 5.54. The average molecular weight is 238 g/mol. The topological polar surface area (TPSA) is 25.4 Å². The molecule has 1 aromatic rings. The highest BCUT2D eigenvalue weighted by atomic mass is 32.1. The van der Waals surface area contributed by atoms with Gasteiger partial charge >= 0.3 is 0 Å². The van der Waals surface area contributed by atoms with Gasteiger partial charge in [0.05, 0.1) is 17.3 Å². The van der Waals surface area contributed by atoms with Gasteiger partial charge in [0.25, 0.3) is 0 Å². The molecular formula is C12H18N2OS. The van der Waals surface area contributed by atoms with Crippen molar-refractivity contribution >= 4 is 11.3 Å². The van der Waals surface area contributed by atoms with Gasteiger partial charge in [0.15, 0.2) is 0 Å². The van der Waals surface area contributed by atoms with Crippen molar-refractivity contribution in [3.05, 3.63) is 16.1 Å². The Balaban J connectivity index is 1.61. The van der Waals surface area contributed by atoms with Crippen molar-refractivity contribution in [1.29, 1.82) is 0 Å². The minimum atomic E-state index is 0.477. The van der Waals surface area contributed by atoms with Crippen molar-refractivity contribution < 1.29 is 4.74 Å². The fourth-order valence-corrected chi connectivity index (χ4v) is 3.45. The largest absolute Gasteiger partial charge is 0.381 e. The van der Waals surface area contributed by atoms with Crippen molar-refractivity contribution in [2.24, 2.45) is 5.41 Å². The molecule has 2 aliphatic heterocycles. The lowest BCUT2D eigenvalue weighted by molar-refractivity contribution is 0.151. The zero-order valence-electron chi connectivity index (χ0n) is 9.74. The predicted octanol–water partition coefficient (Wildman–Crippen LogP) is 2.06. The monoisotopic (exact) mass is 238 g/mol. The summed E-state index contributed by atoms with van der Waals surface area (Å²) < 4.78 is 5.54. The van der Waals surface area contributed by atoms with Gasteiger partial charge in [-0.05, 0) is 26.3 Å². The number of likely N-dealkylation sites (tertiary alicyclic amines) is 1. The van der Waals surface area contributed by atoms with Gasteiger partial charge in [-0.2, -0.15) is 0 Å². The van der Waals surface area contributed by atoms with Crippen LogP contribution >= 0.6 is 11.3 Å². The van der Waals surface area contributed by atoms with E-state index in [-0.39, 0.29) is 0 Å². The average Bonchev–Trinajstić information content (AvgIpc) is 2.94. The molecule has 0 aromatic carbocycles. The molecule has 1 atom stereocenters. The highest BCUT2D eigenvalue weighted by Gasteiger charge is 2.41. The molecule has 2 aliphatic rings. The summed E-state index contributed by atoms with van der Waals surface area (Å²) >= 11 is 1.75. The predicted molar refractivity (Wildman–Crippen MR) is 64.6 cm³/mol. The van der Waals surface area contributed by atoms with E-state index in [1.54, 1.807) is 11.3 Å². The van der Waals surface area contributed by atoms with Gasteiger partial charge in [0, 0.05) is 30.5 Å². The number of aromatic nitrogens is 1. The molecule has 0 amide bonds. The molecule has 3 nitrogen and oxygen atoms in total. The molecule has 2 saturated heterocycles. The van der Waals surface area contributed by atoms with Crippen LogP contribution in [0.1, 0.15) is 23.5 Å². The van der Waals surface area contributed by atoms with E-state index in [0.717, 1.165) is 19.8 Å². The van der Waals surface area contributed by atoms with Crippen LogP contribution < -0.4 is 0 Å². The summed E-state index contributed by atoms with van der Waals surface area (Å²) in [6, 6.07) is 0. The molecule has 3 rings (SSSR count). The van der Waals surface area contributed by atoms with Crippen LogP contribution in [-0.2, 0) is 11.3 Å². The van der Waals surface area contributed by atoms with Gasteiger partial charge in [-0.1, -0.05) is 0 Å². The third-order valence-corrected chi connectivity index (χ3v) is 4.58. The maximum absolute atomic E-state index is 5.54. The molecule has 2 fully saturated rings. The molecule has 0 radical (unpaired) electrons. The van der Waals surface area contributed by atoms with Crippen molar-refractivity contribution in [2.45, 2.75) is 26.3 Å². The van der Waals surface area contributed by atoms with Gasteiger partial charge in [0.1, 0.15) is 0 Å². The quantitative estimate of drug-likeness (QED) is 0.788. The molecule has 16 heavy (non-hydrogen) atoms. The number of hydrogen-bond donors (Lipinski definition) is 0. The second kappa shape index (κ2) is 4.09. The van der Waals surface area contributed by atoms with Crippen molar-refractivity contribution in [3.63, 3.8) is 0 Å². The summed E-state index contributed by atoms with van der Waals surface area (Å²) in [5, 5.41) is 3.36. The highest BCUT2D eigenvalue weighted by molar-refractivity contribution is 7.09. The Morgan fingerprint density at radius 2 is 2.50 bits per heavy atom. The molecule has 0 aliphatic carbocycles. The first kappa shape index (κ1) is 10.7. The van der Waals surface area contributed by atoms with E-state index in [4.69, 9.17) is 4.74 Å². The number of hydrogen-bond acceptors (Lipinski definition) is 4. The van der Waals surface area contributed by atoms with Crippen LogP contribution in [0.4, 0.5) is 0 Å². The van der Waals surface area contributed by atoms with Gasteiger partial charge < -0.3 is 4.74 Å². The van der Waals surface area contributed by atoms with Crippen LogP contribution in [0.5, 0.6) is 0 Å². The van der Waals surface area contributed by atoms with Crippen LogP contribution in [0.2, 0.25) is 0 Å². The summed E-state index contributed by atoms with van der Waals surface area (Å²) in [7, 11) is 0. The standard InChI is InChI=1S/C12H18N2OS/c1-10-13-11(7-16-10)6-14-4-2-12(8-14)3-5-15-9-12/h7H,2-6,8-9H2,1H3/t12-/m1/s1. The smallest absolute Gasteiger partial charge is 0.0897 e. The molecule has 3 heterocycles. The fourth-order valence-electron chi connectivity index (χ4n) is 2.84. The Bertz CT molecular complexity index is 371. The Labute approximate surface area is 100 Å². The number of rotatable bonds is 2. The number of thiazole rings is 1.